The molecule has 0 atom stereocenters. The largest absolute Gasteiger partial charge is 0.419 e. The lowest BCUT2D eigenvalue weighted by Gasteiger charge is -2.03. The maximum atomic E-state index is 11.8. The van der Waals surface area contributed by atoms with E-state index in [9.17, 15) is 4.79 Å². The molecule has 1 N–H and O–H groups in total. The number of pyridine rings is 1. The second-order valence-corrected chi connectivity index (χ2v) is 4.98. The van der Waals surface area contributed by atoms with Crippen molar-refractivity contribution in [3.63, 3.8) is 0 Å². The third-order valence-corrected chi connectivity index (χ3v) is 3.22. The minimum absolute atomic E-state index is 0.0272. The summed E-state index contributed by atoms with van der Waals surface area (Å²) in [5.41, 5.74) is 1.62. The first-order valence-electron chi connectivity index (χ1n) is 7.35. The lowest BCUT2D eigenvalue weighted by atomic mass is 10.1. The van der Waals surface area contributed by atoms with E-state index in [2.05, 4.69) is 20.5 Å². The standard InChI is InChI=1S/C17H16N4O2/c22-15(12-13-6-2-1-3-7-13)19-11-9-16-20-21-17(23-16)14-8-4-5-10-18-14/h1-8,10H,9,11-12H2,(H,19,22). The van der Waals surface area contributed by atoms with Crippen LogP contribution >= 0.6 is 0 Å². The van der Waals surface area contributed by atoms with Gasteiger partial charge in [0.25, 0.3) is 5.89 Å². The van der Waals surface area contributed by atoms with E-state index in [1.807, 2.05) is 42.5 Å². The lowest BCUT2D eigenvalue weighted by molar-refractivity contribution is -0.120. The molecule has 0 saturated heterocycles. The van der Waals surface area contributed by atoms with Gasteiger partial charge in [0, 0.05) is 19.2 Å². The van der Waals surface area contributed by atoms with E-state index in [0.717, 1.165) is 5.56 Å². The van der Waals surface area contributed by atoms with Crippen molar-refractivity contribution in [2.75, 3.05) is 6.54 Å². The predicted octanol–water partition coefficient (Wildman–Crippen LogP) is 2.03. The number of carbonyl (C=O) groups is 1. The summed E-state index contributed by atoms with van der Waals surface area (Å²) in [5.74, 6) is 0.836. The summed E-state index contributed by atoms with van der Waals surface area (Å²) in [6.45, 7) is 0.454. The van der Waals surface area contributed by atoms with E-state index in [1.165, 1.54) is 0 Å². The molecule has 0 saturated carbocycles. The highest BCUT2D eigenvalue weighted by Gasteiger charge is 2.09. The summed E-state index contributed by atoms with van der Waals surface area (Å²) >= 11 is 0. The summed E-state index contributed by atoms with van der Waals surface area (Å²) < 4.78 is 5.53. The zero-order valence-electron chi connectivity index (χ0n) is 12.5. The molecule has 6 heteroatoms. The first-order valence-corrected chi connectivity index (χ1v) is 7.35. The predicted molar refractivity (Wildman–Crippen MR) is 84.4 cm³/mol. The van der Waals surface area contributed by atoms with Gasteiger partial charge in [-0.3, -0.25) is 9.78 Å². The third-order valence-electron chi connectivity index (χ3n) is 3.22. The molecule has 2 aromatic heterocycles. The van der Waals surface area contributed by atoms with E-state index >= 15 is 0 Å². The van der Waals surface area contributed by atoms with Crippen LogP contribution in [0.1, 0.15) is 11.5 Å². The number of benzene rings is 1. The van der Waals surface area contributed by atoms with Crippen LogP contribution in [0.25, 0.3) is 11.6 Å². The van der Waals surface area contributed by atoms with E-state index in [4.69, 9.17) is 4.42 Å². The van der Waals surface area contributed by atoms with Crippen molar-refractivity contribution in [3.05, 3.63) is 66.2 Å². The molecule has 23 heavy (non-hydrogen) atoms. The van der Waals surface area contributed by atoms with Gasteiger partial charge in [-0.25, -0.2) is 0 Å². The zero-order valence-corrected chi connectivity index (χ0v) is 12.5. The van der Waals surface area contributed by atoms with Gasteiger partial charge in [0.15, 0.2) is 0 Å². The number of nitrogens with one attached hydrogen (secondary N) is 1. The van der Waals surface area contributed by atoms with Crippen LogP contribution in [0.5, 0.6) is 0 Å². The van der Waals surface area contributed by atoms with Gasteiger partial charge >= 0.3 is 0 Å². The molecule has 3 rings (SSSR count). The Kier molecular flexibility index (Phi) is 4.73. The Balaban J connectivity index is 1.48. The van der Waals surface area contributed by atoms with Gasteiger partial charge in [-0.2, -0.15) is 0 Å². The van der Waals surface area contributed by atoms with Crippen molar-refractivity contribution in [3.8, 4) is 11.6 Å². The first kappa shape index (κ1) is 14.9. The van der Waals surface area contributed by atoms with Crippen molar-refractivity contribution < 1.29 is 9.21 Å². The molecule has 0 aliphatic carbocycles. The Morgan fingerprint density at radius 2 is 1.87 bits per heavy atom. The van der Waals surface area contributed by atoms with Crippen molar-refractivity contribution in [1.82, 2.24) is 20.5 Å². The monoisotopic (exact) mass is 308 g/mol. The molecular weight excluding hydrogens is 292 g/mol. The van der Waals surface area contributed by atoms with Crippen LogP contribution < -0.4 is 5.32 Å². The number of carbonyl (C=O) groups excluding carboxylic acids is 1. The molecule has 0 aliphatic rings. The topological polar surface area (TPSA) is 80.9 Å². The molecule has 2 heterocycles. The van der Waals surface area contributed by atoms with Crippen LogP contribution in [0.15, 0.2) is 59.1 Å². The summed E-state index contributed by atoms with van der Waals surface area (Å²) in [6, 6.07) is 15.1. The Labute approximate surface area is 133 Å². The van der Waals surface area contributed by atoms with Gasteiger partial charge in [0.05, 0.1) is 6.42 Å². The van der Waals surface area contributed by atoms with Crippen LogP contribution in [0, 0.1) is 0 Å². The number of aromatic nitrogens is 3. The molecule has 0 unspecified atom stereocenters. The van der Waals surface area contributed by atoms with E-state index in [0.29, 0.717) is 36.9 Å². The first-order chi connectivity index (χ1) is 11.3. The SMILES string of the molecule is O=C(Cc1ccccc1)NCCc1nnc(-c2ccccn2)o1. The molecule has 1 amide bonds. The van der Waals surface area contributed by atoms with Crippen molar-refractivity contribution in [1.29, 1.82) is 0 Å². The number of hydrogen-bond acceptors (Lipinski definition) is 5. The summed E-state index contributed by atoms with van der Waals surface area (Å²) in [7, 11) is 0. The molecule has 116 valence electrons. The average Bonchev–Trinajstić information content (AvgIpc) is 3.05. The number of nitrogens with zero attached hydrogens (tertiary/aromatic N) is 3. The zero-order chi connectivity index (χ0) is 15.9. The Hall–Kier alpha value is -3.02. The summed E-state index contributed by atoms with van der Waals surface area (Å²) in [5, 5.41) is 10.8. The number of hydrogen-bond donors (Lipinski definition) is 1. The summed E-state index contributed by atoms with van der Waals surface area (Å²) in [4.78, 5) is 16.0. The van der Waals surface area contributed by atoms with Gasteiger partial charge in [-0.1, -0.05) is 36.4 Å². The summed E-state index contributed by atoms with van der Waals surface area (Å²) in [6.07, 6.45) is 2.52. The van der Waals surface area contributed by atoms with Crippen molar-refractivity contribution in [2.45, 2.75) is 12.8 Å². The molecule has 0 radical (unpaired) electrons. The third kappa shape index (κ3) is 4.23. The highest BCUT2D eigenvalue weighted by molar-refractivity contribution is 5.78. The highest BCUT2D eigenvalue weighted by Crippen LogP contribution is 2.14. The van der Waals surface area contributed by atoms with Crippen LogP contribution in [0.3, 0.4) is 0 Å². The molecular formula is C17H16N4O2. The molecule has 1 aromatic carbocycles. The second-order valence-electron chi connectivity index (χ2n) is 4.98. The number of amides is 1. The van der Waals surface area contributed by atoms with Gasteiger partial charge in [0.1, 0.15) is 5.69 Å². The fourth-order valence-electron chi connectivity index (χ4n) is 2.10. The fourth-order valence-corrected chi connectivity index (χ4v) is 2.10. The molecule has 0 aliphatic heterocycles. The molecule has 3 aromatic rings. The van der Waals surface area contributed by atoms with E-state index < -0.39 is 0 Å². The molecule has 0 fully saturated rings. The Morgan fingerprint density at radius 3 is 2.65 bits per heavy atom. The Bertz CT molecular complexity index is 757. The van der Waals surface area contributed by atoms with Crippen LogP contribution in [-0.2, 0) is 17.6 Å². The van der Waals surface area contributed by atoms with E-state index in [1.54, 1.807) is 12.3 Å². The van der Waals surface area contributed by atoms with Crippen LogP contribution in [-0.4, -0.2) is 27.6 Å². The van der Waals surface area contributed by atoms with Crippen LogP contribution in [0.4, 0.5) is 0 Å². The highest BCUT2D eigenvalue weighted by atomic mass is 16.4. The maximum absolute atomic E-state index is 11.8. The quantitative estimate of drug-likeness (QED) is 0.753. The van der Waals surface area contributed by atoms with Crippen molar-refractivity contribution in [2.24, 2.45) is 0 Å². The van der Waals surface area contributed by atoms with Gasteiger partial charge in [-0.15, -0.1) is 10.2 Å². The second kappa shape index (κ2) is 7.31. The van der Waals surface area contributed by atoms with E-state index in [-0.39, 0.29) is 5.91 Å². The Morgan fingerprint density at radius 1 is 1.04 bits per heavy atom. The molecule has 0 spiro atoms. The molecule has 6 nitrogen and oxygen atoms in total. The lowest BCUT2D eigenvalue weighted by Crippen LogP contribution is -2.27. The van der Waals surface area contributed by atoms with Crippen molar-refractivity contribution >= 4 is 5.91 Å². The number of rotatable bonds is 6. The average molecular weight is 308 g/mol. The minimum atomic E-state index is -0.0272. The molecule has 0 bridgehead atoms. The van der Waals surface area contributed by atoms with Crippen LogP contribution in [0.2, 0.25) is 0 Å². The fraction of sp³-hybridized carbons (Fsp3) is 0.176. The maximum Gasteiger partial charge on any atom is 0.266 e. The normalized spacial score (nSPS) is 10.4. The van der Waals surface area contributed by atoms with Gasteiger partial charge in [-0.05, 0) is 17.7 Å². The van der Waals surface area contributed by atoms with Gasteiger partial charge in [0.2, 0.25) is 11.8 Å². The smallest absolute Gasteiger partial charge is 0.266 e. The van der Waals surface area contributed by atoms with Gasteiger partial charge < -0.3 is 9.73 Å². The minimum Gasteiger partial charge on any atom is -0.419 e.